The van der Waals surface area contributed by atoms with Crippen LogP contribution in [-0.2, 0) is 38.4 Å². The molecular weight excluding hydrogens is 662 g/mol. The van der Waals surface area contributed by atoms with Gasteiger partial charge in [-0.25, -0.2) is 4.79 Å². The maximum absolute atomic E-state index is 12.9. The van der Waals surface area contributed by atoms with Crippen LogP contribution in [0.2, 0.25) is 5.02 Å². The highest BCUT2D eigenvalue weighted by molar-refractivity contribution is 7.98. The van der Waals surface area contributed by atoms with Gasteiger partial charge >= 0.3 is 5.97 Å². The van der Waals surface area contributed by atoms with Gasteiger partial charge in [-0.1, -0.05) is 48.4 Å². The van der Waals surface area contributed by atoms with E-state index in [-0.39, 0.29) is 11.6 Å². The molecule has 3 aromatic heterocycles. The minimum atomic E-state index is -0.965. The Kier molecular flexibility index (Phi) is 8.76. The topological polar surface area (TPSA) is 87.1 Å². The van der Waals surface area contributed by atoms with Crippen LogP contribution in [0.1, 0.15) is 63.7 Å². The van der Waals surface area contributed by atoms with E-state index in [1.807, 2.05) is 49.6 Å². The summed E-state index contributed by atoms with van der Waals surface area (Å²) in [4.78, 5) is 14.0. The summed E-state index contributed by atoms with van der Waals surface area (Å²) in [6.07, 6.45) is 0.633. The molecular formula is C37H38ClN5O3S2. The molecule has 7 rings (SSSR count). The zero-order valence-electron chi connectivity index (χ0n) is 27.9. The normalized spacial score (nSPS) is 15.8. The minimum absolute atomic E-state index is 0.0992. The second-order valence-electron chi connectivity index (χ2n) is 12.7. The van der Waals surface area contributed by atoms with Crippen LogP contribution in [0.4, 0.5) is 0 Å². The lowest BCUT2D eigenvalue weighted by Gasteiger charge is -2.16. The number of hydrogen-bond donors (Lipinski definition) is 1. The van der Waals surface area contributed by atoms with Gasteiger partial charge in [0, 0.05) is 76.6 Å². The highest BCUT2D eigenvalue weighted by atomic mass is 35.5. The molecule has 0 amide bonds. The summed E-state index contributed by atoms with van der Waals surface area (Å²) in [6.45, 7) is 6.66. The number of carboxylic acid groups (broad SMARTS) is 1. The van der Waals surface area contributed by atoms with E-state index in [2.05, 4.69) is 50.2 Å². The number of carboxylic acids is 1. The fraction of sp³-hybridized carbons (Fsp3) is 0.324. The monoisotopic (exact) mass is 699 g/mol. The predicted molar refractivity (Wildman–Crippen MR) is 197 cm³/mol. The molecule has 8 bridgehead atoms. The molecule has 11 heteroatoms. The van der Waals surface area contributed by atoms with E-state index in [0.29, 0.717) is 23.8 Å². The first-order valence-electron chi connectivity index (χ1n) is 16.0. The molecule has 4 heterocycles. The maximum atomic E-state index is 12.9. The first-order valence-corrected chi connectivity index (χ1v) is 18.5. The average Bonchev–Trinajstić information content (AvgIpc) is 3.65. The Balaban J connectivity index is 1.38. The number of ether oxygens (including phenoxy) is 1. The smallest absolute Gasteiger partial charge is 0.352 e. The van der Waals surface area contributed by atoms with Gasteiger partial charge in [0.05, 0.1) is 28.5 Å². The van der Waals surface area contributed by atoms with Crippen molar-refractivity contribution in [3.8, 4) is 16.9 Å². The van der Waals surface area contributed by atoms with Gasteiger partial charge in [0.15, 0.2) is 0 Å². The number of carbonyl (C=O) groups is 1. The van der Waals surface area contributed by atoms with Gasteiger partial charge < -0.3 is 14.4 Å². The molecule has 0 spiro atoms. The van der Waals surface area contributed by atoms with E-state index in [1.165, 1.54) is 5.56 Å². The Bertz CT molecular complexity index is 2230. The molecule has 1 unspecified atom stereocenters. The molecule has 1 aliphatic rings. The van der Waals surface area contributed by atoms with Gasteiger partial charge in [-0.2, -0.15) is 10.2 Å². The number of hydrogen-bond acceptors (Lipinski definition) is 6. The molecule has 1 N–H and O–H groups in total. The van der Waals surface area contributed by atoms with Crippen LogP contribution in [0.25, 0.3) is 32.8 Å². The Hall–Kier alpha value is -3.86. The van der Waals surface area contributed by atoms with Crippen molar-refractivity contribution in [1.29, 1.82) is 0 Å². The van der Waals surface area contributed by atoms with Crippen molar-refractivity contribution in [2.24, 2.45) is 21.1 Å². The number of thioether (sulfide) groups is 2. The lowest BCUT2D eigenvalue weighted by Crippen LogP contribution is -2.11. The fourth-order valence-electron chi connectivity index (χ4n) is 6.96. The lowest BCUT2D eigenvalue weighted by atomic mass is 9.93. The number of aromatic nitrogens is 5. The molecule has 0 fully saturated rings. The van der Waals surface area contributed by atoms with E-state index < -0.39 is 5.97 Å². The Morgan fingerprint density at radius 3 is 2.54 bits per heavy atom. The Morgan fingerprint density at radius 2 is 1.75 bits per heavy atom. The molecule has 6 aromatic rings. The van der Waals surface area contributed by atoms with Crippen molar-refractivity contribution < 1.29 is 14.6 Å². The largest absolute Gasteiger partial charge is 0.493 e. The number of rotatable bonds is 1. The van der Waals surface area contributed by atoms with Crippen molar-refractivity contribution >= 4 is 62.8 Å². The number of benzene rings is 3. The molecule has 0 saturated carbocycles. The SMILES string of the molecule is Cc1ccc2c3cc(cc2c1)SCc1cc(nn1C)CSCc1nn(C)c(C)c1-c1c(Cl)ccc2c(c(C(=O)O)n(C)c12)C(C)CCO3. The van der Waals surface area contributed by atoms with E-state index in [1.54, 1.807) is 28.1 Å². The van der Waals surface area contributed by atoms with Crippen molar-refractivity contribution in [2.45, 2.75) is 55.3 Å². The summed E-state index contributed by atoms with van der Waals surface area (Å²) in [5.41, 5.74) is 8.88. The van der Waals surface area contributed by atoms with Crippen molar-refractivity contribution in [3.63, 3.8) is 0 Å². The quantitative estimate of drug-likeness (QED) is 0.183. The van der Waals surface area contributed by atoms with Crippen LogP contribution >= 0.6 is 35.1 Å². The Morgan fingerprint density at radius 1 is 0.958 bits per heavy atom. The molecule has 1 aliphatic heterocycles. The second-order valence-corrected chi connectivity index (χ2v) is 15.1. The predicted octanol–water partition coefficient (Wildman–Crippen LogP) is 9.05. The Labute approximate surface area is 293 Å². The van der Waals surface area contributed by atoms with Crippen LogP contribution in [0.5, 0.6) is 5.75 Å². The van der Waals surface area contributed by atoms with Crippen LogP contribution in [-0.4, -0.2) is 41.8 Å². The standard InChI is InChI=1S/C37H38ClN5O3S2/c1-20-7-8-27-23(13-20)14-26-16-31(27)46-12-11-21(2)32-28-9-10-29(38)34(35(28)41(4)36(32)37(44)45)33-22(3)42(5)40-30(33)19-47-17-24-15-25(18-48-26)43(6)39-24/h7-10,13-16,21H,11-12,17-19H2,1-6H3,(H,44,45). The van der Waals surface area contributed by atoms with Crippen LogP contribution in [0, 0.1) is 13.8 Å². The van der Waals surface area contributed by atoms with Crippen LogP contribution in [0.3, 0.4) is 0 Å². The number of halogens is 1. The number of fused-ring (bicyclic) bond motifs is 8. The molecule has 0 aliphatic carbocycles. The van der Waals surface area contributed by atoms with E-state index in [9.17, 15) is 9.90 Å². The van der Waals surface area contributed by atoms with E-state index in [4.69, 9.17) is 26.5 Å². The first kappa shape index (κ1) is 32.7. The highest BCUT2D eigenvalue weighted by Gasteiger charge is 2.29. The summed E-state index contributed by atoms with van der Waals surface area (Å²) in [5, 5.41) is 24.0. The van der Waals surface area contributed by atoms with E-state index in [0.717, 1.165) is 83.3 Å². The third-order valence-corrected chi connectivity index (χ3v) is 11.8. The van der Waals surface area contributed by atoms with Gasteiger partial charge in [-0.3, -0.25) is 9.36 Å². The number of aromatic carboxylic acids is 1. The molecule has 48 heavy (non-hydrogen) atoms. The van der Waals surface area contributed by atoms with Crippen molar-refractivity contribution in [3.05, 3.63) is 93.2 Å². The first-order chi connectivity index (χ1) is 23.0. The molecule has 8 nitrogen and oxygen atoms in total. The molecule has 248 valence electrons. The number of aryl methyl sites for hydroxylation is 4. The van der Waals surface area contributed by atoms with Gasteiger partial charge in [0.2, 0.25) is 0 Å². The summed E-state index contributed by atoms with van der Waals surface area (Å²) in [7, 11) is 5.77. The zero-order chi connectivity index (χ0) is 33.9. The summed E-state index contributed by atoms with van der Waals surface area (Å²) >= 11 is 10.6. The minimum Gasteiger partial charge on any atom is -0.493 e. The zero-order valence-corrected chi connectivity index (χ0v) is 30.3. The summed E-state index contributed by atoms with van der Waals surface area (Å²) < 4.78 is 12.2. The third kappa shape index (κ3) is 5.77. The van der Waals surface area contributed by atoms with Gasteiger partial charge in [-0.05, 0) is 61.4 Å². The van der Waals surface area contributed by atoms with E-state index >= 15 is 0 Å². The lowest BCUT2D eigenvalue weighted by molar-refractivity contribution is 0.0685. The van der Waals surface area contributed by atoms with Crippen molar-refractivity contribution in [2.75, 3.05) is 6.61 Å². The molecule has 0 radical (unpaired) electrons. The van der Waals surface area contributed by atoms with Crippen molar-refractivity contribution in [1.82, 2.24) is 24.1 Å². The highest BCUT2D eigenvalue weighted by Crippen LogP contribution is 2.44. The molecule has 3 aromatic carbocycles. The van der Waals surface area contributed by atoms with Gasteiger partial charge in [0.25, 0.3) is 0 Å². The third-order valence-electron chi connectivity index (χ3n) is 9.45. The summed E-state index contributed by atoms with van der Waals surface area (Å²) in [6, 6.07) is 16.8. The average molecular weight is 700 g/mol. The van der Waals surface area contributed by atoms with Crippen LogP contribution < -0.4 is 4.74 Å². The fourth-order valence-corrected chi connectivity index (χ4v) is 9.04. The van der Waals surface area contributed by atoms with Gasteiger partial charge in [0.1, 0.15) is 11.4 Å². The maximum Gasteiger partial charge on any atom is 0.352 e. The molecule has 1 atom stereocenters. The summed E-state index contributed by atoms with van der Waals surface area (Å²) in [5.74, 6) is 1.93. The van der Waals surface area contributed by atoms with Crippen LogP contribution in [0.15, 0.2) is 53.4 Å². The second kappa shape index (κ2) is 12.9. The van der Waals surface area contributed by atoms with Gasteiger partial charge in [-0.15, -0.1) is 23.5 Å². The number of nitrogens with zero attached hydrogens (tertiary/aromatic N) is 5. The molecule has 0 saturated heterocycles.